The summed E-state index contributed by atoms with van der Waals surface area (Å²) in [4.78, 5) is 23.3. The second-order valence-corrected chi connectivity index (χ2v) is 6.97. The summed E-state index contributed by atoms with van der Waals surface area (Å²) in [7, 11) is 0. The van der Waals surface area contributed by atoms with Gasteiger partial charge in [-0.1, -0.05) is 77.6 Å². The summed E-state index contributed by atoms with van der Waals surface area (Å²) in [5.41, 5.74) is 11.1. The van der Waals surface area contributed by atoms with Crippen LogP contribution in [-0.2, 0) is 14.3 Å². The van der Waals surface area contributed by atoms with Crippen LogP contribution in [0.5, 0.6) is 0 Å². The molecule has 0 fully saturated rings. The number of hydrogen-bond donors (Lipinski definition) is 2. The maximum atomic E-state index is 11.6. The second-order valence-electron chi connectivity index (χ2n) is 6.97. The van der Waals surface area contributed by atoms with Crippen LogP contribution in [-0.4, -0.2) is 24.5 Å². The highest BCUT2D eigenvalue weighted by atomic mass is 16.6. The van der Waals surface area contributed by atoms with Gasteiger partial charge in [-0.2, -0.15) is 0 Å². The largest absolute Gasteiger partial charge is 0.392 e. The number of rotatable bonds is 17. The van der Waals surface area contributed by atoms with E-state index in [-0.39, 0.29) is 0 Å². The van der Waals surface area contributed by atoms with Crippen LogP contribution in [0.25, 0.3) is 0 Å². The molecule has 25 heavy (non-hydrogen) atoms. The Kier molecular flexibility index (Phi) is 17.2. The molecule has 0 rings (SSSR count). The Hall–Kier alpha value is -0.940. The Bertz CT molecular complexity index is 335. The molecule has 0 radical (unpaired) electrons. The third-order valence-electron chi connectivity index (χ3n) is 4.47. The fourth-order valence-electron chi connectivity index (χ4n) is 2.80. The van der Waals surface area contributed by atoms with E-state index in [9.17, 15) is 9.59 Å². The van der Waals surface area contributed by atoms with Crippen molar-refractivity contribution in [3.8, 4) is 0 Å². The van der Waals surface area contributed by atoms with Crippen LogP contribution < -0.4 is 11.5 Å². The molecule has 0 aromatic carbocycles. The molecule has 0 saturated carbocycles. The highest BCUT2D eigenvalue weighted by Gasteiger charge is 2.18. The molecular formula is C20H40N2O3. The topological polar surface area (TPSA) is 95.4 Å². The van der Waals surface area contributed by atoms with Gasteiger partial charge in [0.2, 0.25) is 0 Å². The predicted molar refractivity (Wildman–Crippen MR) is 103 cm³/mol. The zero-order chi connectivity index (χ0) is 18.8. The van der Waals surface area contributed by atoms with E-state index in [2.05, 4.69) is 6.92 Å². The van der Waals surface area contributed by atoms with Gasteiger partial charge in [-0.3, -0.25) is 4.79 Å². The van der Waals surface area contributed by atoms with Crippen molar-refractivity contribution in [3.63, 3.8) is 0 Å². The lowest BCUT2D eigenvalue weighted by molar-refractivity contribution is -0.160. The lowest BCUT2D eigenvalue weighted by Gasteiger charge is -2.09. The van der Waals surface area contributed by atoms with Gasteiger partial charge in [-0.15, -0.1) is 0 Å². The second kappa shape index (κ2) is 17.9. The highest BCUT2D eigenvalue weighted by molar-refractivity contribution is 5.88. The molecule has 0 spiro atoms. The van der Waals surface area contributed by atoms with E-state index in [1.165, 1.54) is 51.4 Å². The summed E-state index contributed by atoms with van der Waals surface area (Å²) in [6.07, 6.45) is 15.9. The van der Waals surface area contributed by atoms with E-state index in [0.29, 0.717) is 19.4 Å². The standard InChI is InChI=1S/C20H40N2O3/c1-2-3-4-5-6-7-8-9-10-11-12-16-19(23)25-20(24)18(22)15-13-14-17-21/h18H,2-17,21-22H2,1H3/t18-/m0/s1. The SMILES string of the molecule is CCCCCCCCCCCCCC(=O)OC(=O)[C@@H](N)CCCCN. The summed E-state index contributed by atoms with van der Waals surface area (Å²) in [6.45, 7) is 2.82. The maximum Gasteiger partial charge on any atom is 0.330 e. The van der Waals surface area contributed by atoms with E-state index in [1.54, 1.807) is 0 Å². The Labute approximate surface area is 154 Å². The van der Waals surface area contributed by atoms with Crippen molar-refractivity contribution in [2.45, 2.75) is 109 Å². The molecule has 0 amide bonds. The Morgan fingerprint density at radius 1 is 0.800 bits per heavy atom. The fraction of sp³-hybridized carbons (Fsp3) is 0.900. The van der Waals surface area contributed by atoms with Crippen molar-refractivity contribution < 1.29 is 14.3 Å². The first-order valence-electron chi connectivity index (χ1n) is 10.3. The van der Waals surface area contributed by atoms with Gasteiger partial charge in [0.1, 0.15) is 6.04 Å². The summed E-state index contributed by atoms with van der Waals surface area (Å²) in [5.74, 6) is -1.06. The number of ether oxygens (including phenoxy) is 1. The van der Waals surface area contributed by atoms with Crippen molar-refractivity contribution >= 4 is 11.9 Å². The average Bonchev–Trinajstić information content (AvgIpc) is 2.59. The normalized spacial score (nSPS) is 12.1. The molecule has 5 heteroatoms. The van der Waals surface area contributed by atoms with Crippen molar-refractivity contribution in [2.24, 2.45) is 11.5 Å². The van der Waals surface area contributed by atoms with Crippen molar-refractivity contribution in [1.29, 1.82) is 0 Å². The molecule has 0 aliphatic rings. The van der Waals surface area contributed by atoms with Gasteiger partial charge in [0.25, 0.3) is 0 Å². The number of carbonyl (C=O) groups excluding carboxylic acids is 2. The molecule has 5 nitrogen and oxygen atoms in total. The van der Waals surface area contributed by atoms with E-state index in [4.69, 9.17) is 16.2 Å². The Morgan fingerprint density at radius 2 is 1.32 bits per heavy atom. The molecule has 0 unspecified atom stereocenters. The van der Waals surface area contributed by atoms with Gasteiger partial charge in [0.15, 0.2) is 0 Å². The first-order valence-corrected chi connectivity index (χ1v) is 10.3. The smallest absolute Gasteiger partial charge is 0.330 e. The minimum absolute atomic E-state index is 0.304. The van der Waals surface area contributed by atoms with Gasteiger partial charge in [-0.25, -0.2) is 4.79 Å². The maximum absolute atomic E-state index is 11.6. The molecule has 4 N–H and O–H groups in total. The Balaban J connectivity index is 3.44. The first-order chi connectivity index (χ1) is 12.1. The first kappa shape index (κ1) is 24.1. The molecule has 0 saturated heterocycles. The molecule has 0 aliphatic heterocycles. The predicted octanol–water partition coefficient (Wildman–Crippen LogP) is 4.21. The van der Waals surface area contributed by atoms with Gasteiger partial charge >= 0.3 is 11.9 Å². The molecule has 148 valence electrons. The van der Waals surface area contributed by atoms with Crippen molar-refractivity contribution in [3.05, 3.63) is 0 Å². The minimum Gasteiger partial charge on any atom is -0.392 e. The summed E-state index contributed by atoms with van der Waals surface area (Å²) in [6, 6.07) is -0.715. The molecule has 0 aromatic rings. The minimum atomic E-state index is -0.715. The van der Waals surface area contributed by atoms with Crippen LogP contribution in [0.15, 0.2) is 0 Å². The number of nitrogens with two attached hydrogens (primary N) is 2. The monoisotopic (exact) mass is 356 g/mol. The van der Waals surface area contributed by atoms with Gasteiger partial charge in [0, 0.05) is 6.42 Å². The summed E-state index contributed by atoms with van der Waals surface area (Å²) in [5, 5.41) is 0. The average molecular weight is 357 g/mol. The molecule has 0 bridgehead atoms. The molecule has 0 aromatic heterocycles. The van der Waals surface area contributed by atoms with E-state index >= 15 is 0 Å². The third kappa shape index (κ3) is 16.3. The lowest BCUT2D eigenvalue weighted by atomic mass is 10.1. The number of esters is 2. The van der Waals surface area contributed by atoms with Crippen LogP contribution >= 0.6 is 0 Å². The van der Waals surface area contributed by atoms with Crippen LogP contribution in [0.2, 0.25) is 0 Å². The molecule has 0 heterocycles. The Morgan fingerprint density at radius 3 is 1.84 bits per heavy atom. The number of hydrogen-bond acceptors (Lipinski definition) is 5. The summed E-state index contributed by atoms with van der Waals surface area (Å²) < 4.78 is 4.80. The van der Waals surface area contributed by atoms with E-state index in [1.807, 2.05) is 0 Å². The third-order valence-corrected chi connectivity index (χ3v) is 4.47. The van der Waals surface area contributed by atoms with E-state index in [0.717, 1.165) is 32.1 Å². The quantitative estimate of drug-likeness (QED) is 0.231. The fourth-order valence-corrected chi connectivity index (χ4v) is 2.80. The number of carbonyl (C=O) groups is 2. The van der Waals surface area contributed by atoms with Gasteiger partial charge in [-0.05, 0) is 25.8 Å². The lowest BCUT2D eigenvalue weighted by Crippen LogP contribution is -2.33. The van der Waals surface area contributed by atoms with Gasteiger partial charge < -0.3 is 16.2 Å². The van der Waals surface area contributed by atoms with Crippen LogP contribution in [0.3, 0.4) is 0 Å². The molecule has 0 aliphatic carbocycles. The van der Waals surface area contributed by atoms with E-state index < -0.39 is 18.0 Å². The van der Waals surface area contributed by atoms with Crippen molar-refractivity contribution in [2.75, 3.05) is 6.54 Å². The highest BCUT2D eigenvalue weighted by Crippen LogP contribution is 2.12. The number of unbranched alkanes of at least 4 members (excludes halogenated alkanes) is 11. The zero-order valence-corrected chi connectivity index (χ0v) is 16.3. The zero-order valence-electron chi connectivity index (χ0n) is 16.3. The summed E-state index contributed by atoms with van der Waals surface area (Å²) >= 11 is 0. The van der Waals surface area contributed by atoms with Crippen molar-refractivity contribution in [1.82, 2.24) is 0 Å². The van der Waals surface area contributed by atoms with Crippen LogP contribution in [0, 0.1) is 0 Å². The van der Waals surface area contributed by atoms with Crippen LogP contribution in [0.4, 0.5) is 0 Å². The van der Waals surface area contributed by atoms with Crippen LogP contribution in [0.1, 0.15) is 103 Å². The van der Waals surface area contributed by atoms with Gasteiger partial charge in [0.05, 0.1) is 0 Å². The molecule has 1 atom stereocenters. The molecular weight excluding hydrogens is 316 g/mol.